The molecule has 1 aromatic heterocycles. The summed E-state index contributed by atoms with van der Waals surface area (Å²) in [5.74, 6) is 0.498. The number of amides is 1. The van der Waals surface area contributed by atoms with E-state index in [4.69, 9.17) is 0 Å². The first-order valence-corrected chi connectivity index (χ1v) is 10.8. The Balaban J connectivity index is 1.69. The van der Waals surface area contributed by atoms with E-state index in [9.17, 15) is 9.90 Å². The number of hydrogen-bond acceptors (Lipinski definition) is 6. The van der Waals surface area contributed by atoms with Crippen LogP contribution in [0, 0.1) is 0 Å². The van der Waals surface area contributed by atoms with Gasteiger partial charge in [-0.1, -0.05) is 36.4 Å². The molecule has 3 aromatic rings. The van der Waals surface area contributed by atoms with Crippen molar-refractivity contribution in [2.75, 3.05) is 25.5 Å². The molecular weight excluding hydrogens is 404 g/mol. The topological polar surface area (TPSA) is 104 Å². The van der Waals surface area contributed by atoms with Crippen LogP contribution >= 0.6 is 0 Å². The number of aliphatic hydroxyl groups is 1. The van der Waals surface area contributed by atoms with Crippen LogP contribution in [0.5, 0.6) is 0 Å². The first kappa shape index (κ1) is 20.4. The van der Waals surface area contributed by atoms with Gasteiger partial charge in [0, 0.05) is 29.9 Å². The quantitative estimate of drug-likeness (QED) is 0.477. The number of carbonyl (C=O) groups excluding carboxylic acids is 1. The molecule has 8 heteroatoms. The Morgan fingerprint density at radius 3 is 2.84 bits per heavy atom. The zero-order chi connectivity index (χ0) is 22.1. The number of anilines is 1. The molecule has 8 nitrogen and oxygen atoms in total. The lowest BCUT2D eigenvalue weighted by Crippen LogP contribution is -2.29. The Labute approximate surface area is 186 Å². The third kappa shape index (κ3) is 3.47. The maximum atomic E-state index is 12.7. The second-order valence-electron chi connectivity index (χ2n) is 8.03. The van der Waals surface area contributed by atoms with Gasteiger partial charge in [-0.3, -0.25) is 4.79 Å². The van der Waals surface area contributed by atoms with Gasteiger partial charge in [-0.15, -0.1) is 0 Å². The first-order valence-electron chi connectivity index (χ1n) is 10.8. The summed E-state index contributed by atoms with van der Waals surface area (Å²) < 4.78 is 1.75. The number of aromatic nitrogens is 3. The van der Waals surface area contributed by atoms with Gasteiger partial charge in [-0.2, -0.15) is 5.10 Å². The molecule has 0 aliphatic carbocycles. The zero-order valence-electron chi connectivity index (χ0n) is 17.9. The van der Waals surface area contributed by atoms with Gasteiger partial charge >= 0.3 is 0 Å². The zero-order valence-corrected chi connectivity index (χ0v) is 17.9. The van der Waals surface area contributed by atoms with E-state index in [1.165, 1.54) is 11.9 Å². The average molecular weight is 431 g/mol. The molecule has 3 heterocycles. The molecule has 2 atom stereocenters. The Bertz CT molecular complexity index is 1170. The van der Waals surface area contributed by atoms with Crippen molar-refractivity contribution in [3.8, 4) is 0 Å². The minimum atomic E-state index is -0.180. The fraction of sp³-hybridized carbons (Fsp3) is 0.292. The van der Waals surface area contributed by atoms with Gasteiger partial charge in [-0.25, -0.2) is 9.67 Å². The van der Waals surface area contributed by atoms with Crippen LogP contribution in [-0.2, 0) is 13.1 Å². The largest absolute Gasteiger partial charge is 0.394 e. The lowest BCUT2D eigenvalue weighted by atomic mass is 9.77. The molecule has 0 saturated heterocycles. The standard InChI is InChI=1S/C24H26N6O2/c1-25-13-15-5-7-16(8-6-15)22-21(23-27-14-28-30(23)11-12-31)17-9-10-26-24(32)18-3-2-4-19(29-22)20(17)18/h2-9,14,21-22,25,29,31H,10-13H2,1H3,(H,26,32). The van der Waals surface area contributed by atoms with Crippen molar-refractivity contribution in [1.82, 2.24) is 25.4 Å². The third-order valence-electron chi connectivity index (χ3n) is 6.12. The number of nitrogens with one attached hydrogen (secondary N) is 3. The highest BCUT2D eigenvalue weighted by molar-refractivity contribution is 6.04. The summed E-state index contributed by atoms with van der Waals surface area (Å²) in [6.07, 6.45) is 3.61. The Morgan fingerprint density at radius 1 is 1.22 bits per heavy atom. The Kier molecular flexibility index (Phi) is 5.46. The fourth-order valence-corrected chi connectivity index (χ4v) is 4.73. The van der Waals surface area contributed by atoms with Gasteiger partial charge in [0.2, 0.25) is 0 Å². The van der Waals surface area contributed by atoms with E-state index >= 15 is 0 Å². The summed E-state index contributed by atoms with van der Waals surface area (Å²) >= 11 is 0. The summed E-state index contributed by atoms with van der Waals surface area (Å²) in [7, 11) is 1.93. The van der Waals surface area contributed by atoms with Crippen LogP contribution in [0.15, 0.2) is 54.9 Å². The van der Waals surface area contributed by atoms with Crippen molar-refractivity contribution >= 4 is 17.2 Å². The van der Waals surface area contributed by atoms with Gasteiger partial charge in [0.05, 0.1) is 25.1 Å². The average Bonchev–Trinajstić information content (AvgIpc) is 3.19. The van der Waals surface area contributed by atoms with Crippen LogP contribution in [-0.4, -0.2) is 46.0 Å². The normalized spacial score (nSPS) is 19.4. The second kappa shape index (κ2) is 8.57. The highest BCUT2D eigenvalue weighted by atomic mass is 16.3. The second-order valence-corrected chi connectivity index (χ2v) is 8.03. The van der Waals surface area contributed by atoms with Crippen molar-refractivity contribution in [2.45, 2.75) is 25.0 Å². The van der Waals surface area contributed by atoms with Gasteiger partial charge in [0.1, 0.15) is 12.2 Å². The first-order chi connectivity index (χ1) is 15.7. The predicted octanol–water partition coefficient (Wildman–Crippen LogP) is 2.07. The summed E-state index contributed by atoms with van der Waals surface area (Å²) in [6, 6.07) is 14.2. The van der Waals surface area contributed by atoms with E-state index in [1.54, 1.807) is 4.68 Å². The molecule has 1 amide bonds. The van der Waals surface area contributed by atoms with Crippen LogP contribution in [0.3, 0.4) is 0 Å². The minimum Gasteiger partial charge on any atom is -0.394 e. The summed E-state index contributed by atoms with van der Waals surface area (Å²) in [5, 5.41) is 23.7. The van der Waals surface area contributed by atoms with Crippen molar-refractivity contribution in [3.05, 3.63) is 82.9 Å². The maximum Gasteiger partial charge on any atom is 0.252 e. The van der Waals surface area contributed by atoms with Crippen LogP contribution in [0.4, 0.5) is 5.69 Å². The SMILES string of the molecule is CNCc1ccc(C2Nc3cccc4c3C(=CCNC4=O)C2c2ncnn2CCO)cc1. The van der Waals surface area contributed by atoms with Crippen molar-refractivity contribution < 1.29 is 9.90 Å². The lowest BCUT2D eigenvalue weighted by Gasteiger charge is -2.37. The summed E-state index contributed by atoms with van der Waals surface area (Å²) in [6.45, 7) is 1.58. The smallest absolute Gasteiger partial charge is 0.252 e. The van der Waals surface area contributed by atoms with Crippen molar-refractivity contribution in [1.29, 1.82) is 0 Å². The van der Waals surface area contributed by atoms with Crippen molar-refractivity contribution in [2.24, 2.45) is 0 Å². The predicted molar refractivity (Wildman–Crippen MR) is 122 cm³/mol. The molecule has 0 spiro atoms. The molecule has 2 aliphatic rings. The van der Waals surface area contributed by atoms with Gasteiger partial charge in [-0.05, 0) is 35.9 Å². The van der Waals surface area contributed by atoms with E-state index in [1.807, 2.05) is 25.2 Å². The molecule has 5 rings (SSSR count). The Hall–Kier alpha value is -3.49. The number of aliphatic hydroxyl groups excluding tert-OH is 1. The van der Waals surface area contributed by atoms with Crippen LogP contribution < -0.4 is 16.0 Å². The molecule has 2 aromatic carbocycles. The highest BCUT2D eigenvalue weighted by Gasteiger charge is 2.39. The number of benzene rings is 2. The van der Waals surface area contributed by atoms with E-state index in [0.29, 0.717) is 18.7 Å². The van der Waals surface area contributed by atoms with Crippen LogP contribution in [0.25, 0.3) is 5.57 Å². The molecule has 4 N–H and O–H groups in total. The molecular formula is C24H26N6O2. The molecule has 164 valence electrons. The minimum absolute atomic E-state index is 0.0270. The van der Waals surface area contributed by atoms with Gasteiger partial charge in [0.15, 0.2) is 0 Å². The summed E-state index contributed by atoms with van der Waals surface area (Å²) in [4.78, 5) is 17.3. The number of rotatable bonds is 6. The van der Waals surface area contributed by atoms with Crippen LogP contribution in [0.2, 0.25) is 0 Å². The summed E-state index contributed by atoms with van der Waals surface area (Å²) in [5.41, 5.74) is 5.87. The molecule has 2 aliphatic heterocycles. The number of nitrogens with zero attached hydrogens (tertiary/aromatic N) is 3. The van der Waals surface area contributed by atoms with Crippen LogP contribution in [0.1, 0.15) is 44.8 Å². The molecule has 0 bridgehead atoms. The fourth-order valence-electron chi connectivity index (χ4n) is 4.73. The number of hydrogen-bond donors (Lipinski definition) is 4. The van der Waals surface area contributed by atoms with Crippen molar-refractivity contribution in [3.63, 3.8) is 0 Å². The van der Waals surface area contributed by atoms with Gasteiger partial charge < -0.3 is 21.1 Å². The monoisotopic (exact) mass is 430 g/mol. The van der Waals surface area contributed by atoms with E-state index in [2.05, 4.69) is 56.4 Å². The molecule has 0 saturated carbocycles. The Morgan fingerprint density at radius 2 is 2.06 bits per heavy atom. The van der Waals surface area contributed by atoms with Gasteiger partial charge in [0.25, 0.3) is 5.91 Å². The molecule has 0 radical (unpaired) electrons. The third-order valence-corrected chi connectivity index (χ3v) is 6.12. The number of carbonyl (C=O) groups is 1. The van der Waals surface area contributed by atoms with E-state index < -0.39 is 0 Å². The molecule has 2 unspecified atom stereocenters. The van der Waals surface area contributed by atoms with E-state index in [0.717, 1.165) is 34.8 Å². The highest BCUT2D eigenvalue weighted by Crippen LogP contribution is 2.50. The van der Waals surface area contributed by atoms with E-state index in [-0.39, 0.29) is 24.5 Å². The lowest BCUT2D eigenvalue weighted by molar-refractivity contribution is 0.0958. The maximum absolute atomic E-state index is 12.7. The molecule has 0 fully saturated rings. The molecule has 32 heavy (non-hydrogen) atoms.